The molecule has 1 aliphatic rings. The number of piperidine rings is 1. The van der Waals surface area contributed by atoms with Crippen LogP contribution in [0.25, 0.3) is 11.4 Å². The first-order valence-electron chi connectivity index (χ1n) is 8.15. The topological polar surface area (TPSA) is 79.5 Å². The molecular formula is C17H20FN3O3. The second-order valence-corrected chi connectivity index (χ2v) is 6.10. The molecule has 1 atom stereocenters. The average Bonchev–Trinajstić information content (AvgIpc) is 3.05. The number of hydrogen-bond donors (Lipinski definition) is 1. The van der Waals surface area contributed by atoms with Gasteiger partial charge in [0.1, 0.15) is 5.82 Å². The standard InChI is InChI=1S/C17H20FN3O3/c18-14-7-5-12(6-8-14)16-19-17(24-20-16)13-3-1-9-21(11-13)10-2-4-15(22)23/h5-8,13H,1-4,9-11H2,(H,22,23). The zero-order valence-corrected chi connectivity index (χ0v) is 13.3. The van der Waals surface area contributed by atoms with Crippen molar-refractivity contribution < 1.29 is 18.8 Å². The molecule has 3 rings (SSSR count). The molecule has 128 valence electrons. The van der Waals surface area contributed by atoms with Crippen molar-refractivity contribution in [3.63, 3.8) is 0 Å². The summed E-state index contributed by atoms with van der Waals surface area (Å²) >= 11 is 0. The Kier molecular flexibility index (Phi) is 5.20. The highest BCUT2D eigenvalue weighted by molar-refractivity contribution is 5.66. The van der Waals surface area contributed by atoms with Crippen LogP contribution in [0.4, 0.5) is 4.39 Å². The molecule has 1 fully saturated rings. The van der Waals surface area contributed by atoms with E-state index in [1.807, 2.05) is 0 Å². The van der Waals surface area contributed by atoms with Gasteiger partial charge < -0.3 is 14.5 Å². The normalized spacial score (nSPS) is 18.6. The summed E-state index contributed by atoms with van der Waals surface area (Å²) in [4.78, 5) is 17.3. The third-order valence-corrected chi connectivity index (χ3v) is 4.26. The van der Waals surface area contributed by atoms with E-state index in [0.717, 1.165) is 38.0 Å². The molecule has 2 heterocycles. The van der Waals surface area contributed by atoms with Gasteiger partial charge in [-0.1, -0.05) is 5.16 Å². The van der Waals surface area contributed by atoms with Crippen LogP contribution in [-0.2, 0) is 4.79 Å². The molecule has 1 aromatic heterocycles. The fourth-order valence-electron chi connectivity index (χ4n) is 3.03. The quantitative estimate of drug-likeness (QED) is 0.875. The molecule has 24 heavy (non-hydrogen) atoms. The minimum absolute atomic E-state index is 0.158. The third kappa shape index (κ3) is 4.17. The molecule has 1 saturated heterocycles. The molecule has 1 aliphatic heterocycles. The molecule has 0 saturated carbocycles. The number of likely N-dealkylation sites (tertiary alicyclic amines) is 1. The Balaban J connectivity index is 1.62. The molecule has 7 heteroatoms. The van der Waals surface area contributed by atoms with Crippen LogP contribution in [0.5, 0.6) is 0 Å². The Morgan fingerprint density at radius 1 is 1.38 bits per heavy atom. The summed E-state index contributed by atoms with van der Waals surface area (Å²) in [7, 11) is 0. The number of nitrogens with zero attached hydrogens (tertiary/aromatic N) is 3. The van der Waals surface area contributed by atoms with Crippen molar-refractivity contribution in [1.82, 2.24) is 15.0 Å². The second-order valence-electron chi connectivity index (χ2n) is 6.10. The van der Waals surface area contributed by atoms with E-state index in [9.17, 15) is 9.18 Å². The smallest absolute Gasteiger partial charge is 0.303 e. The van der Waals surface area contributed by atoms with Crippen LogP contribution >= 0.6 is 0 Å². The maximum Gasteiger partial charge on any atom is 0.303 e. The SMILES string of the molecule is O=C(O)CCCN1CCCC(c2nc(-c3ccc(F)cc3)no2)C1. The summed E-state index contributed by atoms with van der Waals surface area (Å²) in [5.74, 6) is 0.159. The maximum atomic E-state index is 13.0. The molecule has 0 aliphatic carbocycles. The number of carbonyl (C=O) groups is 1. The average molecular weight is 333 g/mol. The number of carboxylic acid groups (broad SMARTS) is 1. The van der Waals surface area contributed by atoms with Gasteiger partial charge in [-0.25, -0.2) is 4.39 Å². The van der Waals surface area contributed by atoms with Gasteiger partial charge in [-0.2, -0.15) is 4.98 Å². The lowest BCUT2D eigenvalue weighted by molar-refractivity contribution is -0.137. The van der Waals surface area contributed by atoms with Crippen molar-refractivity contribution in [2.75, 3.05) is 19.6 Å². The van der Waals surface area contributed by atoms with E-state index in [1.54, 1.807) is 12.1 Å². The predicted molar refractivity (Wildman–Crippen MR) is 85.0 cm³/mol. The van der Waals surface area contributed by atoms with Gasteiger partial charge in [-0.3, -0.25) is 4.79 Å². The van der Waals surface area contributed by atoms with Gasteiger partial charge in [0.2, 0.25) is 11.7 Å². The number of aliphatic carboxylic acids is 1. The highest BCUT2D eigenvalue weighted by Crippen LogP contribution is 2.27. The molecule has 2 aromatic rings. The lowest BCUT2D eigenvalue weighted by atomic mass is 9.97. The van der Waals surface area contributed by atoms with Crippen LogP contribution in [0.1, 0.15) is 37.5 Å². The van der Waals surface area contributed by atoms with E-state index in [1.165, 1.54) is 12.1 Å². The predicted octanol–water partition coefficient (Wildman–Crippen LogP) is 2.92. The number of rotatable bonds is 6. The zero-order valence-electron chi connectivity index (χ0n) is 13.3. The van der Waals surface area contributed by atoms with Crippen molar-refractivity contribution in [3.05, 3.63) is 36.0 Å². The molecule has 1 aromatic carbocycles. The molecule has 6 nitrogen and oxygen atoms in total. The highest BCUT2D eigenvalue weighted by atomic mass is 19.1. The van der Waals surface area contributed by atoms with Crippen molar-refractivity contribution in [2.45, 2.75) is 31.6 Å². The molecule has 0 radical (unpaired) electrons. The molecule has 1 unspecified atom stereocenters. The molecule has 0 bridgehead atoms. The van der Waals surface area contributed by atoms with Crippen molar-refractivity contribution in [2.24, 2.45) is 0 Å². The molecule has 1 N–H and O–H groups in total. The number of hydrogen-bond acceptors (Lipinski definition) is 5. The summed E-state index contributed by atoms with van der Waals surface area (Å²) in [5.41, 5.74) is 0.723. The number of carboxylic acids is 1. The minimum atomic E-state index is -0.760. The van der Waals surface area contributed by atoms with Crippen LogP contribution in [-0.4, -0.2) is 45.8 Å². The molecule has 0 spiro atoms. The van der Waals surface area contributed by atoms with E-state index in [4.69, 9.17) is 9.63 Å². The van der Waals surface area contributed by atoms with Gasteiger partial charge in [0.25, 0.3) is 0 Å². The molecule has 0 amide bonds. The van der Waals surface area contributed by atoms with Crippen LogP contribution < -0.4 is 0 Å². The summed E-state index contributed by atoms with van der Waals surface area (Å²) in [6, 6.07) is 6.00. The lowest BCUT2D eigenvalue weighted by Crippen LogP contribution is -2.35. The van der Waals surface area contributed by atoms with Crippen LogP contribution in [0.15, 0.2) is 28.8 Å². The number of halogens is 1. The molecular weight excluding hydrogens is 313 g/mol. The van der Waals surface area contributed by atoms with E-state index < -0.39 is 5.97 Å². The van der Waals surface area contributed by atoms with Gasteiger partial charge in [-0.05, 0) is 56.6 Å². The first-order chi connectivity index (χ1) is 11.6. The number of benzene rings is 1. The Hall–Kier alpha value is -2.28. The monoisotopic (exact) mass is 333 g/mol. The lowest BCUT2D eigenvalue weighted by Gasteiger charge is -2.30. The van der Waals surface area contributed by atoms with Gasteiger partial charge in [-0.15, -0.1) is 0 Å². The Labute approximate surface area is 139 Å². The fourth-order valence-corrected chi connectivity index (χ4v) is 3.03. The van der Waals surface area contributed by atoms with Crippen molar-refractivity contribution in [3.8, 4) is 11.4 Å². The number of aromatic nitrogens is 2. The van der Waals surface area contributed by atoms with E-state index >= 15 is 0 Å². The minimum Gasteiger partial charge on any atom is -0.481 e. The van der Waals surface area contributed by atoms with Crippen molar-refractivity contribution >= 4 is 5.97 Å². The Morgan fingerprint density at radius 3 is 2.92 bits per heavy atom. The summed E-state index contributed by atoms with van der Waals surface area (Å²) < 4.78 is 18.4. The van der Waals surface area contributed by atoms with Crippen molar-refractivity contribution in [1.29, 1.82) is 0 Å². The van der Waals surface area contributed by atoms with Gasteiger partial charge in [0.05, 0.1) is 5.92 Å². The Bertz CT molecular complexity index is 687. The van der Waals surface area contributed by atoms with Gasteiger partial charge >= 0.3 is 5.97 Å². The zero-order chi connectivity index (χ0) is 16.9. The highest BCUT2D eigenvalue weighted by Gasteiger charge is 2.26. The van der Waals surface area contributed by atoms with Crippen LogP contribution in [0.3, 0.4) is 0 Å². The van der Waals surface area contributed by atoms with E-state index in [-0.39, 0.29) is 18.2 Å². The van der Waals surface area contributed by atoms with E-state index in [2.05, 4.69) is 15.0 Å². The Morgan fingerprint density at radius 2 is 2.17 bits per heavy atom. The van der Waals surface area contributed by atoms with Crippen LogP contribution in [0, 0.1) is 5.82 Å². The summed E-state index contributed by atoms with van der Waals surface area (Å²) in [6.45, 7) is 2.53. The summed E-state index contributed by atoms with van der Waals surface area (Å²) in [5, 5.41) is 12.7. The third-order valence-electron chi connectivity index (χ3n) is 4.26. The van der Waals surface area contributed by atoms with Crippen LogP contribution in [0.2, 0.25) is 0 Å². The second kappa shape index (κ2) is 7.53. The van der Waals surface area contributed by atoms with E-state index in [0.29, 0.717) is 18.1 Å². The summed E-state index contributed by atoms with van der Waals surface area (Å²) in [6.07, 6.45) is 2.83. The fraction of sp³-hybridized carbons (Fsp3) is 0.471. The van der Waals surface area contributed by atoms with Gasteiger partial charge in [0.15, 0.2) is 0 Å². The maximum absolute atomic E-state index is 13.0. The largest absolute Gasteiger partial charge is 0.481 e. The first-order valence-corrected chi connectivity index (χ1v) is 8.15. The van der Waals surface area contributed by atoms with Gasteiger partial charge in [0, 0.05) is 18.5 Å². The first kappa shape index (κ1) is 16.6.